The SMILES string of the molecule is CC(=O)CC(C)(C)O[Si](C)(C)C. The zero-order chi connectivity index (χ0) is 9.99. The summed E-state index contributed by atoms with van der Waals surface area (Å²) in [5.74, 6) is 0.193. The van der Waals surface area contributed by atoms with Crippen LogP contribution < -0.4 is 0 Å². The molecule has 0 spiro atoms. The Kier molecular flexibility index (Phi) is 3.66. The summed E-state index contributed by atoms with van der Waals surface area (Å²) in [4.78, 5) is 10.9. The van der Waals surface area contributed by atoms with Crippen molar-refractivity contribution in [3.63, 3.8) is 0 Å². The maximum atomic E-state index is 10.9. The highest BCUT2D eigenvalue weighted by Gasteiger charge is 2.28. The van der Waals surface area contributed by atoms with Crippen molar-refractivity contribution >= 4 is 14.1 Å². The molecule has 0 aliphatic carbocycles. The van der Waals surface area contributed by atoms with Crippen molar-refractivity contribution in [2.45, 2.75) is 52.4 Å². The van der Waals surface area contributed by atoms with Gasteiger partial charge in [0, 0.05) is 6.42 Å². The van der Waals surface area contributed by atoms with Gasteiger partial charge in [0.2, 0.25) is 0 Å². The summed E-state index contributed by atoms with van der Waals surface area (Å²) >= 11 is 0. The van der Waals surface area contributed by atoms with Gasteiger partial charge in [0.05, 0.1) is 5.60 Å². The van der Waals surface area contributed by atoms with Crippen LogP contribution in [0.3, 0.4) is 0 Å². The van der Waals surface area contributed by atoms with E-state index in [0.717, 1.165) is 0 Å². The average molecular weight is 188 g/mol. The Balaban J connectivity index is 4.13. The molecule has 0 bridgehead atoms. The minimum absolute atomic E-state index is 0.193. The van der Waals surface area contributed by atoms with E-state index in [2.05, 4.69) is 19.6 Å². The third kappa shape index (κ3) is 6.55. The molecule has 12 heavy (non-hydrogen) atoms. The Bertz CT molecular complexity index is 168. The Morgan fingerprint density at radius 2 is 1.75 bits per heavy atom. The molecule has 0 aliphatic rings. The van der Waals surface area contributed by atoms with Crippen LogP contribution in [0.1, 0.15) is 27.2 Å². The third-order valence-corrected chi connectivity index (χ3v) is 2.42. The van der Waals surface area contributed by atoms with E-state index in [1.807, 2.05) is 13.8 Å². The second-order valence-electron chi connectivity index (χ2n) is 4.85. The van der Waals surface area contributed by atoms with Crippen LogP contribution in [0.5, 0.6) is 0 Å². The summed E-state index contributed by atoms with van der Waals surface area (Å²) in [5, 5.41) is 0. The molecule has 0 atom stereocenters. The maximum Gasteiger partial charge on any atom is 0.184 e. The van der Waals surface area contributed by atoms with Crippen molar-refractivity contribution in [3.05, 3.63) is 0 Å². The lowest BCUT2D eigenvalue weighted by molar-refractivity contribution is -0.120. The van der Waals surface area contributed by atoms with E-state index in [1.165, 1.54) is 0 Å². The molecule has 0 fully saturated rings. The number of hydrogen-bond acceptors (Lipinski definition) is 2. The van der Waals surface area contributed by atoms with Gasteiger partial charge < -0.3 is 4.43 Å². The highest BCUT2D eigenvalue weighted by atomic mass is 28.4. The molecule has 0 rings (SSSR count). The number of carbonyl (C=O) groups excluding carboxylic acids is 1. The topological polar surface area (TPSA) is 26.3 Å². The van der Waals surface area contributed by atoms with E-state index in [9.17, 15) is 4.79 Å². The molecule has 0 aromatic rings. The second-order valence-corrected chi connectivity index (χ2v) is 9.28. The van der Waals surface area contributed by atoms with E-state index in [-0.39, 0.29) is 11.4 Å². The summed E-state index contributed by atoms with van der Waals surface area (Å²) < 4.78 is 5.85. The summed E-state index contributed by atoms with van der Waals surface area (Å²) in [6, 6.07) is 0. The van der Waals surface area contributed by atoms with Gasteiger partial charge in [0.25, 0.3) is 0 Å². The molecule has 0 aliphatic heterocycles. The average Bonchev–Trinajstić information content (AvgIpc) is 1.48. The fraction of sp³-hybridized carbons (Fsp3) is 0.889. The molecule has 0 heterocycles. The highest BCUT2D eigenvalue weighted by Crippen LogP contribution is 2.20. The first kappa shape index (κ1) is 11.8. The molecule has 0 saturated carbocycles. The van der Waals surface area contributed by atoms with E-state index in [0.29, 0.717) is 6.42 Å². The minimum Gasteiger partial charge on any atom is -0.412 e. The number of hydrogen-bond donors (Lipinski definition) is 0. The quantitative estimate of drug-likeness (QED) is 0.634. The van der Waals surface area contributed by atoms with Gasteiger partial charge >= 0.3 is 0 Å². The summed E-state index contributed by atoms with van der Waals surface area (Å²) in [6.07, 6.45) is 0.511. The highest BCUT2D eigenvalue weighted by molar-refractivity contribution is 6.69. The van der Waals surface area contributed by atoms with E-state index in [1.54, 1.807) is 6.92 Å². The molecule has 0 unspecified atom stereocenters. The standard InChI is InChI=1S/C9H20O2Si/c1-8(10)7-9(2,3)11-12(4,5)6/h7H2,1-6H3. The van der Waals surface area contributed by atoms with Gasteiger partial charge in [0.1, 0.15) is 5.78 Å². The molecule has 0 N–H and O–H groups in total. The number of rotatable bonds is 4. The van der Waals surface area contributed by atoms with Gasteiger partial charge in [-0.1, -0.05) is 0 Å². The molecular weight excluding hydrogens is 168 g/mol. The first-order valence-corrected chi connectivity index (χ1v) is 7.73. The van der Waals surface area contributed by atoms with Crippen molar-refractivity contribution in [1.82, 2.24) is 0 Å². The molecule has 2 nitrogen and oxygen atoms in total. The fourth-order valence-corrected chi connectivity index (χ4v) is 3.19. The second kappa shape index (κ2) is 3.71. The van der Waals surface area contributed by atoms with Crippen LogP contribution in [0.15, 0.2) is 0 Å². The smallest absolute Gasteiger partial charge is 0.184 e. The number of ketones is 1. The lowest BCUT2D eigenvalue weighted by atomic mass is 10.0. The van der Waals surface area contributed by atoms with E-state index in [4.69, 9.17) is 4.43 Å². The monoisotopic (exact) mass is 188 g/mol. The molecule has 0 saturated heterocycles. The summed E-state index contributed by atoms with van der Waals surface area (Å²) in [6.45, 7) is 12.0. The first-order chi connectivity index (χ1) is 5.12. The maximum absolute atomic E-state index is 10.9. The van der Waals surface area contributed by atoms with Crippen molar-refractivity contribution in [2.75, 3.05) is 0 Å². The Morgan fingerprint density at radius 1 is 1.33 bits per heavy atom. The van der Waals surface area contributed by atoms with Crippen molar-refractivity contribution in [1.29, 1.82) is 0 Å². The van der Waals surface area contributed by atoms with Gasteiger partial charge in [0.15, 0.2) is 8.32 Å². The first-order valence-electron chi connectivity index (χ1n) is 4.32. The summed E-state index contributed by atoms with van der Waals surface area (Å²) in [7, 11) is -1.51. The Morgan fingerprint density at radius 3 is 2.00 bits per heavy atom. The Hall–Kier alpha value is -0.153. The van der Waals surface area contributed by atoms with Gasteiger partial charge in [-0.3, -0.25) is 4.79 Å². The van der Waals surface area contributed by atoms with Crippen molar-refractivity contribution in [3.8, 4) is 0 Å². The van der Waals surface area contributed by atoms with Crippen molar-refractivity contribution < 1.29 is 9.22 Å². The molecule has 0 radical (unpaired) electrons. The minimum atomic E-state index is -1.51. The lowest BCUT2D eigenvalue weighted by Gasteiger charge is -2.32. The third-order valence-electron chi connectivity index (χ3n) is 1.26. The predicted octanol–water partition coefficient (Wildman–Crippen LogP) is 2.60. The molecule has 0 amide bonds. The molecular formula is C9H20O2Si. The van der Waals surface area contributed by atoms with Gasteiger partial charge in [-0.15, -0.1) is 0 Å². The molecule has 0 aromatic heterocycles. The zero-order valence-electron chi connectivity index (χ0n) is 9.02. The van der Waals surface area contributed by atoms with Crippen LogP contribution in [0.4, 0.5) is 0 Å². The molecule has 3 heteroatoms. The lowest BCUT2D eigenvalue weighted by Crippen LogP contribution is -2.39. The normalized spacial score (nSPS) is 13.2. The van der Waals surface area contributed by atoms with Crippen LogP contribution >= 0.6 is 0 Å². The van der Waals surface area contributed by atoms with Gasteiger partial charge in [-0.25, -0.2) is 0 Å². The number of carbonyl (C=O) groups is 1. The zero-order valence-corrected chi connectivity index (χ0v) is 10.0. The van der Waals surface area contributed by atoms with Crippen LogP contribution in [-0.4, -0.2) is 19.7 Å². The fourth-order valence-electron chi connectivity index (χ4n) is 1.46. The van der Waals surface area contributed by atoms with Crippen LogP contribution in [0.2, 0.25) is 19.6 Å². The van der Waals surface area contributed by atoms with E-state index < -0.39 is 8.32 Å². The van der Waals surface area contributed by atoms with Crippen LogP contribution in [0.25, 0.3) is 0 Å². The summed E-state index contributed by atoms with van der Waals surface area (Å²) in [5.41, 5.74) is -0.281. The van der Waals surface area contributed by atoms with Crippen molar-refractivity contribution in [2.24, 2.45) is 0 Å². The Labute approximate surface area is 76.4 Å². The van der Waals surface area contributed by atoms with Crippen LogP contribution in [0, 0.1) is 0 Å². The van der Waals surface area contributed by atoms with Gasteiger partial charge in [-0.05, 0) is 40.4 Å². The van der Waals surface area contributed by atoms with Gasteiger partial charge in [-0.2, -0.15) is 0 Å². The molecule has 0 aromatic carbocycles. The largest absolute Gasteiger partial charge is 0.412 e. The molecule has 72 valence electrons. The predicted molar refractivity (Wildman–Crippen MR) is 53.8 cm³/mol. The van der Waals surface area contributed by atoms with Crippen LogP contribution in [-0.2, 0) is 9.22 Å². The van der Waals surface area contributed by atoms with E-state index >= 15 is 0 Å². The number of Topliss-reactive ketones (excluding diaryl/α,β-unsaturated/α-hetero) is 1.